The van der Waals surface area contributed by atoms with Crippen LogP contribution in [0.5, 0.6) is 0 Å². The molecule has 3 rings (SSSR count). The zero-order valence-electron chi connectivity index (χ0n) is 13.2. The lowest BCUT2D eigenvalue weighted by Crippen LogP contribution is -2.19. The predicted molar refractivity (Wildman–Crippen MR) is 106 cm³/mol. The molecule has 0 aliphatic heterocycles. The van der Waals surface area contributed by atoms with Gasteiger partial charge in [0.05, 0.1) is 12.4 Å². The summed E-state index contributed by atoms with van der Waals surface area (Å²) in [6.45, 7) is 0. The molecule has 2 N–H and O–H groups in total. The van der Waals surface area contributed by atoms with E-state index in [9.17, 15) is 9.59 Å². The summed E-state index contributed by atoms with van der Waals surface area (Å²) in [6.07, 6.45) is 2.62. The van der Waals surface area contributed by atoms with E-state index >= 15 is 0 Å². The van der Waals surface area contributed by atoms with Crippen molar-refractivity contribution in [1.29, 1.82) is 0 Å². The molecule has 0 radical (unpaired) electrons. The Balaban J connectivity index is 1.72. The van der Waals surface area contributed by atoms with Gasteiger partial charge in [0.1, 0.15) is 11.4 Å². The van der Waals surface area contributed by atoms with Crippen molar-refractivity contribution in [2.45, 2.75) is 0 Å². The summed E-state index contributed by atoms with van der Waals surface area (Å²) in [7, 11) is 0. The van der Waals surface area contributed by atoms with Gasteiger partial charge >= 0.3 is 0 Å². The van der Waals surface area contributed by atoms with Gasteiger partial charge in [0.2, 0.25) is 0 Å². The number of nitrogens with one attached hydrogen (secondary N) is 2. The van der Waals surface area contributed by atoms with Crippen molar-refractivity contribution in [3.8, 4) is 0 Å². The van der Waals surface area contributed by atoms with Crippen LogP contribution in [0.4, 0.5) is 11.4 Å². The van der Waals surface area contributed by atoms with Gasteiger partial charge in [-0.25, -0.2) is 4.98 Å². The third-order valence-electron chi connectivity index (χ3n) is 3.30. The van der Waals surface area contributed by atoms with Crippen LogP contribution < -0.4 is 10.6 Å². The lowest BCUT2D eigenvalue weighted by molar-refractivity contribution is 0.101. The van der Waals surface area contributed by atoms with Gasteiger partial charge in [-0.05, 0) is 48.5 Å². The number of hydrogen-bond acceptors (Lipinski definition) is 4. The number of halogens is 2. The van der Waals surface area contributed by atoms with Gasteiger partial charge in [-0.15, -0.1) is 0 Å². The molecule has 130 valence electrons. The van der Waals surface area contributed by atoms with E-state index in [0.717, 1.165) is 8.95 Å². The monoisotopic (exact) mass is 474 g/mol. The molecule has 3 aromatic rings. The van der Waals surface area contributed by atoms with Crippen molar-refractivity contribution < 1.29 is 9.59 Å². The Bertz CT molecular complexity index is 869. The van der Waals surface area contributed by atoms with Crippen LogP contribution in [0.25, 0.3) is 0 Å². The number of hydrogen-bond donors (Lipinski definition) is 2. The van der Waals surface area contributed by atoms with E-state index in [-0.39, 0.29) is 11.4 Å². The molecule has 0 saturated heterocycles. The van der Waals surface area contributed by atoms with E-state index in [0.29, 0.717) is 11.4 Å². The van der Waals surface area contributed by atoms with Crippen LogP contribution in [0.15, 0.2) is 69.9 Å². The van der Waals surface area contributed by atoms with Gasteiger partial charge in [0, 0.05) is 20.3 Å². The van der Waals surface area contributed by atoms with E-state index < -0.39 is 11.8 Å². The summed E-state index contributed by atoms with van der Waals surface area (Å²) in [5, 5.41) is 5.42. The Kier molecular flexibility index (Phi) is 5.75. The largest absolute Gasteiger partial charge is 0.321 e. The minimum absolute atomic E-state index is 0.0522. The summed E-state index contributed by atoms with van der Waals surface area (Å²) >= 11 is 6.66. The number of nitrogens with zero attached hydrogens (tertiary/aromatic N) is 2. The van der Waals surface area contributed by atoms with Crippen LogP contribution in [-0.2, 0) is 0 Å². The lowest BCUT2D eigenvalue weighted by atomic mass is 10.3. The van der Waals surface area contributed by atoms with Crippen molar-refractivity contribution in [3.05, 3.63) is 81.3 Å². The maximum Gasteiger partial charge on any atom is 0.275 e. The smallest absolute Gasteiger partial charge is 0.275 e. The molecule has 8 heteroatoms. The van der Waals surface area contributed by atoms with Gasteiger partial charge < -0.3 is 10.6 Å². The first-order valence-electron chi connectivity index (χ1n) is 7.47. The van der Waals surface area contributed by atoms with Crippen molar-refractivity contribution >= 4 is 55.0 Å². The molecule has 26 heavy (non-hydrogen) atoms. The summed E-state index contributed by atoms with van der Waals surface area (Å²) in [5.41, 5.74) is 1.34. The van der Waals surface area contributed by atoms with Crippen LogP contribution in [-0.4, -0.2) is 21.8 Å². The first-order valence-corrected chi connectivity index (χ1v) is 9.06. The number of carbonyl (C=O) groups excluding carboxylic acids is 2. The number of aromatic nitrogens is 2. The molecule has 2 aromatic carbocycles. The molecule has 1 aromatic heterocycles. The second-order valence-electron chi connectivity index (χ2n) is 5.21. The van der Waals surface area contributed by atoms with Gasteiger partial charge in [0.15, 0.2) is 0 Å². The van der Waals surface area contributed by atoms with E-state index in [1.807, 2.05) is 24.3 Å². The number of carbonyl (C=O) groups is 2. The van der Waals surface area contributed by atoms with Gasteiger partial charge in [0.25, 0.3) is 11.8 Å². The molecule has 0 aliphatic rings. The summed E-state index contributed by atoms with van der Waals surface area (Å²) < 4.78 is 1.81. The second kappa shape index (κ2) is 8.20. The van der Waals surface area contributed by atoms with Crippen molar-refractivity contribution in [1.82, 2.24) is 9.97 Å². The Labute approximate surface area is 166 Å². The van der Waals surface area contributed by atoms with Crippen LogP contribution >= 0.6 is 31.9 Å². The quantitative estimate of drug-likeness (QED) is 0.581. The Morgan fingerprint density at radius 2 is 1.08 bits per heavy atom. The van der Waals surface area contributed by atoms with E-state index in [2.05, 4.69) is 52.5 Å². The third kappa shape index (κ3) is 4.74. The minimum atomic E-state index is -0.446. The Morgan fingerprint density at radius 1 is 0.692 bits per heavy atom. The normalized spacial score (nSPS) is 10.2. The zero-order valence-corrected chi connectivity index (χ0v) is 16.4. The fourth-order valence-electron chi connectivity index (χ4n) is 2.04. The number of benzene rings is 2. The molecule has 0 saturated carbocycles. The predicted octanol–water partition coefficient (Wildman–Crippen LogP) is 4.51. The highest BCUT2D eigenvalue weighted by atomic mass is 79.9. The molecular weight excluding hydrogens is 464 g/mol. The molecule has 0 bridgehead atoms. The molecule has 6 nitrogen and oxygen atoms in total. The van der Waals surface area contributed by atoms with Crippen LogP contribution in [0.3, 0.4) is 0 Å². The van der Waals surface area contributed by atoms with Crippen molar-refractivity contribution in [3.63, 3.8) is 0 Å². The maximum atomic E-state index is 12.3. The maximum absolute atomic E-state index is 12.3. The summed E-state index contributed by atoms with van der Waals surface area (Å²) in [6, 6.07) is 14.2. The van der Waals surface area contributed by atoms with Gasteiger partial charge in [-0.1, -0.05) is 31.9 Å². The average molecular weight is 476 g/mol. The minimum Gasteiger partial charge on any atom is -0.321 e. The highest BCUT2D eigenvalue weighted by molar-refractivity contribution is 9.10. The number of amides is 2. The zero-order chi connectivity index (χ0) is 18.5. The third-order valence-corrected chi connectivity index (χ3v) is 4.36. The highest BCUT2D eigenvalue weighted by Gasteiger charge is 2.14. The van der Waals surface area contributed by atoms with Crippen LogP contribution in [0.2, 0.25) is 0 Å². The summed E-state index contributed by atoms with van der Waals surface area (Å²) in [4.78, 5) is 32.6. The molecule has 0 spiro atoms. The van der Waals surface area contributed by atoms with Gasteiger partial charge in [-0.3, -0.25) is 14.6 Å². The topological polar surface area (TPSA) is 84.0 Å². The van der Waals surface area contributed by atoms with E-state index in [1.165, 1.54) is 12.4 Å². The standard InChI is InChI=1S/C18H12Br2N4O2/c19-11-1-5-13(6-2-11)22-17(25)15-9-21-10-16(24-15)18(26)23-14-7-3-12(20)4-8-14/h1-10H,(H,22,25)(H,23,26). The molecular formula is C18H12Br2N4O2. The second-order valence-corrected chi connectivity index (χ2v) is 7.04. The molecule has 0 fully saturated rings. The van der Waals surface area contributed by atoms with Gasteiger partial charge in [-0.2, -0.15) is 0 Å². The number of anilines is 2. The number of rotatable bonds is 4. The Hall–Kier alpha value is -2.58. The lowest BCUT2D eigenvalue weighted by Gasteiger charge is -2.07. The molecule has 0 aliphatic carbocycles. The first kappa shape index (κ1) is 18.2. The fourth-order valence-corrected chi connectivity index (χ4v) is 2.57. The van der Waals surface area contributed by atoms with Crippen molar-refractivity contribution in [2.75, 3.05) is 10.6 Å². The van der Waals surface area contributed by atoms with E-state index in [1.54, 1.807) is 24.3 Å². The van der Waals surface area contributed by atoms with Crippen molar-refractivity contribution in [2.24, 2.45) is 0 Å². The van der Waals surface area contributed by atoms with Crippen LogP contribution in [0, 0.1) is 0 Å². The molecule has 1 heterocycles. The Morgan fingerprint density at radius 3 is 1.46 bits per heavy atom. The average Bonchev–Trinajstić information content (AvgIpc) is 2.65. The molecule has 2 amide bonds. The summed E-state index contributed by atoms with van der Waals surface area (Å²) in [5.74, 6) is -0.892. The first-order chi connectivity index (χ1) is 12.5. The fraction of sp³-hybridized carbons (Fsp3) is 0. The van der Waals surface area contributed by atoms with Crippen LogP contribution in [0.1, 0.15) is 21.0 Å². The highest BCUT2D eigenvalue weighted by Crippen LogP contribution is 2.16. The van der Waals surface area contributed by atoms with E-state index in [4.69, 9.17) is 0 Å². The molecule has 0 unspecified atom stereocenters. The molecule has 0 atom stereocenters. The SMILES string of the molecule is O=C(Nc1ccc(Br)cc1)c1cncc(C(=O)Nc2ccc(Br)cc2)n1.